The Morgan fingerprint density at radius 3 is 2.19 bits per heavy atom. The van der Waals surface area contributed by atoms with Crippen molar-refractivity contribution in [3.63, 3.8) is 0 Å². The molecule has 6 nitrogen and oxygen atoms in total. The number of nitrogens with zero attached hydrogens (tertiary/aromatic N) is 1. The zero-order chi connectivity index (χ0) is 20.8. The van der Waals surface area contributed by atoms with Gasteiger partial charge >= 0.3 is 11.9 Å². The molecule has 0 saturated carbocycles. The van der Waals surface area contributed by atoms with Crippen molar-refractivity contribution in [2.45, 2.75) is 52.9 Å². The quantitative estimate of drug-likeness (QED) is 0.375. The fourth-order valence-corrected chi connectivity index (χ4v) is 2.10. The van der Waals surface area contributed by atoms with E-state index in [0.717, 1.165) is 5.56 Å². The van der Waals surface area contributed by atoms with Gasteiger partial charge in [-0.3, -0.25) is 4.79 Å². The molecule has 1 aromatic carbocycles. The Bertz CT molecular complexity index is 585. The van der Waals surface area contributed by atoms with E-state index in [1.54, 1.807) is 6.08 Å². The third-order valence-corrected chi connectivity index (χ3v) is 3.47. The van der Waals surface area contributed by atoms with E-state index < -0.39 is 24.1 Å². The molecule has 27 heavy (non-hydrogen) atoms. The van der Waals surface area contributed by atoms with Crippen LogP contribution in [0.15, 0.2) is 43.0 Å². The largest absolute Gasteiger partial charge is 0.458 e. The van der Waals surface area contributed by atoms with Gasteiger partial charge in [-0.25, -0.2) is 9.59 Å². The van der Waals surface area contributed by atoms with Crippen LogP contribution in [0.3, 0.4) is 0 Å². The van der Waals surface area contributed by atoms with Gasteiger partial charge in [0.25, 0.3) is 0 Å². The number of likely N-dealkylation sites (N-methyl/N-ethyl adjacent to an activating group) is 1. The maximum Gasteiger partial charge on any atom is 0.347 e. The number of rotatable bonds is 9. The monoisotopic (exact) mass is 377 g/mol. The number of allylic oxidation sites excluding steroid dienone is 1. The van der Waals surface area contributed by atoms with E-state index in [0.29, 0.717) is 12.8 Å². The van der Waals surface area contributed by atoms with Crippen LogP contribution in [0.1, 0.15) is 39.7 Å². The van der Waals surface area contributed by atoms with Gasteiger partial charge in [-0.1, -0.05) is 50.3 Å². The topological polar surface area (TPSA) is 72.9 Å². The molecule has 0 heterocycles. The smallest absolute Gasteiger partial charge is 0.347 e. The van der Waals surface area contributed by atoms with E-state index in [1.165, 1.54) is 18.9 Å². The molecule has 150 valence electrons. The average Bonchev–Trinajstić information content (AvgIpc) is 2.64. The Balaban J connectivity index is 0.00000210. The molecule has 0 spiro atoms. The van der Waals surface area contributed by atoms with Crippen LogP contribution in [0.2, 0.25) is 0 Å². The van der Waals surface area contributed by atoms with Crippen molar-refractivity contribution in [1.82, 2.24) is 4.90 Å². The minimum Gasteiger partial charge on any atom is -0.458 e. The zero-order valence-electron chi connectivity index (χ0n) is 16.9. The number of benzene rings is 1. The number of amides is 1. The molecule has 1 rings (SSSR count). The molecule has 0 N–H and O–H groups in total. The van der Waals surface area contributed by atoms with E-state index in [1.807, 2.05) is 51.1 Å². The molecule has 0 fully saturated rings. The van der Waals surface area contributed by atoms with Gasteiger partial charge in [-0.05, 0) is 31.7 Å². The van der Waals surface area contributed by atoms with Crippen molar-refractivity contribution in [1.29, 1.82) is 0 Å². The van der Waals surface area contributed by atoms with Crippen molar-refractivity contribution in [3.05, 3.63) is 48.6 Å². The summed E-state index contributed by atoms with van der Waals surface area (Å²) in [6, 6.07) is 8.51. The highest BCUT2D eigenvalue weighted by Crippen LogP contribution is 2.13. The Morgan fingerprint density at radius 2 is 1.70 bits per heavy atom. The summed E-state index contributed by atoms with van der Waals surface area (Å²) in [7, 11) is 1.51. The second-order valence-corrected chi connectivity index (χ2v) is 6.50. The molecule has 0 aliphatic carbocycles. The van der Waals surface area contributed by atoms with Gasteiger partial charge in [0.1, 0.15) is 12.6 Å². The number of hydrogen-bond acceptors (Lipinski definition) is 5. The highest BCUT2D eigenvalue weighted by atomic mass is 16.6. The van der Waals surface area contributed by atoms with Crippen molar-refractivity contribution < 1.29 is 23.9 Å². The van der Waals surface area contributed by atoms with Crippen LogP contribution in [0, 0.1) is 5.92 Å². The first-order valence-electron chi connectivity index (χ1n) is 8.92. The number of ether oxygens (including phenoxy) is 2. The van der Waals surface area contributed by atoms with Crippen molar-refractivity contribution in [3.8, 4) is 0 Å². The zero-order valence-corrected chi connectivity index (χ0v) is 16.9. The summed E-state index contributed by atoms with van der Waals surface area (Å²) in [5.74, 6) is -1.03. The average molecular weight is 377 g/mol. The Labute approximate surface area is 162 Å². The number of carbonyl (C=O) groups excluding carboxylic acids is 3. The maximum absolute atomic E-state index is 12.2. The second-order valence-electron chi connectivity index (χ2n) is 6.50. The molecule has 0 saturated heterocycles. The van der Waals surface area contributed by atoms with Gasteiger partial charge in [0.05, 0.1) is 0 Å². The third-order valence-electron chi connectivity index (χ3n) is 3.47. The van der Waals surface area contributed by atoms with Gasteiger partial charge in [0.15, 0.2) is 6.10 Å². The molecular weight excluding hydrogens is 346 g/mol. The fourth-order valence-electron chi connectivity index (χ4n) is 2.10. The first-order valence-corrected chi connectivity index (χ1v) is 8.92. The van der Waals surface area contributed by atoms with E-state index in [2.05, 4.69) is 6.58 Å². The van der Waals surface area contributed by atoms with Gasteiger partial charge in [-0.15, -0.1) is 6.58 Å². The lowest BCUT2D eigenvalue weighted by molar-refractivity contribution is -0.171. The molecule has 1 amide bonds. The molecule has 6 heteroatoms. The minimum absolute atomic E-state index is 0.116. The van der Waals surface area contributed by atoms with Crippen molar-refractivity contribution in [2.24, 2.45) is 5.92 Å². The summed E-state index contributed by atoms with van der Waals surface area (Å²) < 4.78 is 10.3. The highest BCUT2D eigenvalue weighted by Gasteiger charge is 2.29. The lowest BCUT2D eigenvalue weighted by Gasteiger charge is -2.25. The number of carbonyl (C=O) groups is 3. The molecule has 0 radical (unpaired) electrons. The van der Waals surface area contributed by atoms with Crippen molar-refractivity contribution in [2.75, 3.05) is 7.05 Å². The van der Waals surface area contributed by atoms with Gasteiger partial charge in [-0.2, -0.15) is 0 Å². The Morgan fingerprint density at radius 1 is 1.15 bits per heavy atom. The molecule has 0 bridgehead atoms. The molecular formula is C21H31NO5. The van der Waals surface area contributed by atoms with Crippen LogP contribution in [0.25, 0.3) is 0 Å². The minimum atomic E-state index is -1.03. The van der Waals surface area contributed by atoms with Crippen LogP contribution in [-0.4, -0.2) is 42.4 Å². The summed E-state index contributed by atoms with van der Waals surface area (Å²) in [4.78, 5) is 36.4. The Hall–Kier alpha value is -2.63. The first kappa shape index (κ1) is 24.4. The molecule has 2 atom stereocenters. The van der Waals surface area contributed by atoms with E-state index in [9.17, 15) is 14.4 Å². The number of esters is 2. The first-order chi connectivity index (χ1) is 12.8. The van der Waals surface area contributed by atoms with Crippen LogP contribution >= 0.6 is 0 Å². The van der Waals surface area contributed by atoms with Gasteiger partial charge in [0, 0.05) is 7.05 Å². The van der Waals surface area contributed by atoms with Gasteiger partial charge < -0.3 is 14.4 Å². The van der Waals surface area contributed by atoms with Gasteiger partial charge in [0.2, 0.25) is 6.41 Å². The maximum atomic E-state index is 12.2. The van der Waals surface area contributed by atoms with E-state index >= 15 is 0 Å². The lowest BCUT2D eigenvalue weighted by Crippen LogP contribution is -2.42. The Kier molecular flexibility index (Phi) is 12.2. The molecule has 1 aromatic rings. The summed E-state index contributed by atoms with van der Waals surface area (Å²) in [5.41, 5.74) is 0.850. The summed E-state index contributed by atoms with van der Waals surface area (Å²) in [5, 5.41) is 0. The molecule has 0 aromatic heterocycles. The van der Waals surface area contributed by atoms with Crippen LogP contribution in [0.5, 0.6) is 0 Å². The van der Waals surface area contributed by atoms with Crippen LogP contribution in [0.4, 0.5) is 0 Å². The third kappa shape index (κ3) is 10.2. The fraction of sp³-hybridized carbons (Fsp3) is 0.476. The lowest BCUT2D eigenvalue weighted by atomic mass is 10.0. The summed E-state index contributed by atoms with van der Waals surface area (Å²) in [6.07, 6.45) is 1.75. The second kappa shape index (κ2) is 13.6. The predicted molar refractivity (Wildman–Crippen MR) is 105 cm³/mol. The van der Waals surface area contributed by atoms with Crippen LogP contribution in [-0.2, 0) is 30.5 Å². The predicted octanol–water partition coefficient (Wildman–Crippen LogP) is 3.36. The normalized spacial score (nSPS) is 12.1. The SMILES string of the molecule is C=CC.CC(C)C[C@@H](C(=O)O[C@H](C)C(=O)OCc1ccccc1)N(C)C=O. The van der Waals surface area contributed by atoms with E-state index in [4.69, 9.17) is 9.47 Å². The molecule has 0 aliphatic heterocycles. The number of hydrogen-bond donors (Lipinski definition) is 0. The summed E-state index contributed by atoms with van der Waals surface area (Å²) >= 11 is 0. The molecule has 0 unspecified atom stereocenters. The standard InChI is InChI=1S/C18H25NO5.C3H6/c1-13(2)10-16(19(4)12-20)18(22)24-14(3)17(21)23-11-15-8-6-5-7-9-15;1-3-2/h5-9,12-14,16H,10-11H2,1-4H3;3H,1H2,2H3/t14-,16+;/m1./s1. The summed E-state index contributed by atoms with van der Waals surface area (Å²) in [6.45, 7) is 10.7. The van der Waals surface area contributed by atoms with Crippen molar-refractivity contribution >= 4 is 18.3 Å². The van der Waals surface area contributed by atoms with Crippen LogP contribution < -0.4 is 0 Å². The molecule has 0 aliphatic rings. The van der Waals surface area contributed by atoms with E-state index in [-0.39, 0.29) is 12.5 Å². The highest BCUT2D eigenvalue weighted by molar-refractivity contribution is 5.82.